The number of likely N-dealkylation sites (N-methyl/N-ethyl adjacent to an activating group) is 1. The minimum Gasteiger partial charge on any atom is -0.465 e. The average molecular weight is 388 g/mol. The van der Waals surface area contributed by atoms with Crippen LogP contribution in [-0.2, 0) is 14.3 Å². The first-order valence-electron chi connectivity index (χ1n) is 9.90. The molecule has 0 bridgehead atoms. The quantitative estimate of drug-likeness (QED) is 0.579. The van der Waals surface area contributed by atoms with Gasteiger partial charge in [0.25, 0.3) is 5.91 Å². The minimum absolute atomic E-state index is 0.198. The van der Waals surface area contributed by atoms with E-state index >= 15 is 0 Å². The van der Waals surface area contributed by atoms with Crippen LogP contribution in [0, 0.1) is 6.92 Å². The van der Waals surface area contributed by atoms with Crippen LogP contribution in [0.1, 0.15) is 56.8 Å². The first-order valence-corrected chi connectivity index (χ1v) is 9.90. The van der Waals surface area contributed by atoms with E-state index in [1.807, 2.05) is 17.7 Å². The fourth-order valence-electron chi connectivity index (χ4n) is 4.47. The van der Waals surface area contributed by atoms with E-state index in [-0.39, 0.29) is 6.61 Å². The number of nitrogens with zero attached hydrogens (tertiary/aromatic N) is 5. The summed E-state index contributed by atoms with van der Waals surface area (Å²) in [7, 11) is 1.59. The molecule has 9 nitrogen and oxygen atoms in total. The molecule has 1 unspecified atom stereocenters. The van der Waals surface area contributed by atoms with Crippen molar-refractivity contribution in [3.8, 4) is 0 Å². The van der Waals surface area contributed by atoms with Crippen LogP contribution >= 0.6 is 0 Å². The predicted octanol–water partition coefficient (Wildman–Crippen LogP) is 1.63. The molecule has 1 atom stereocenters. The molecule has 0 N–H and O–H groups in total. The number of amidine groups is 1. The topological polar surface area (TPSA) is 88.1 Å². The lowest BCUT2D eigenvalue weighted by molar-refractivity contribution is -0.677. The molecule has 0 aromatic carbocycles. The molecule has 1 aliphatic carbocycles. The van der Waals surface area contributed by atoms with E-state index in [1.165, 1.54) is 24.2 Å². The Morgan fingerprint density at radius 3 is 2.68 bits per heavy atom. The molecular formula is C19H26N5O4+. The van der Waals surface area contributed by atoms with E-state index in [1.54, 1.807) is 14.0 Å². The fraction of sp³-hybridized carbons (Fsp3) is 0.632. The van der Waals surface area contributed by atoms with Gasteiger partial charge in [-0.1, -0.05) is 11.4 Å². The van der Waals surface area contributed by atoms with Crippen LogP contribution in [0.5, 0.6) is 0 Å². The van der Waals surface area contributed by atoms with E-state index in [4.69, 9.17) is 4.74 Å². The van der Waals surface area contributed by atoms with Gasteiger partial charge in [-0.25, -0.2) is 18.8 Å². The third-order valence-corrected chi connectivity index (χ3v) is 5.78. The third kappa shape index (κ3) is 2.80. The van der Waals surface area contributed by atoms with Gasteiger partial charge in [0.2, 0.25) is 11.9 Å². The van der Waals surface area contributed by atoms with Crippen LogP contribution in [0.25, 0.3) is 0 Å². The molecule has 0 radical (unpaired) electrons. The van der Waals surface area contributed by atoms with Crippen molar-refractivity contribution in [3.63, 3.8) is 0 Å². The van der Waals surface area contributed by atoms with Crippen molar-refractivity contribution in [2.75, 3.05) is 20.2 Å². The van der Waals surface area contributed by atoms with Gasteiger partial charge in [0.05, 0.1) is 12.6 Å². The number of hydrogen-bond donors (Lipinski definition) is 0. The molecule has 150 valence electrons. The number of rotatable bonds is 4. The van der Waals surface area contributed by atoms with Crippen LogP contribution in [0.15, 0.2) is 11.2 Å². The minimum atomic E-state index is -0.726. The van der Waals surface area contributed by atoms with Crippen molar-refractivity contribution >= 4 is 29.7 Å². The maximum atomic E-state index is 13.1. The summed E-state index contributed by atoms with van der Waals surface area (Å²) in [6.07, 6.45) is 7.74. The first-order chi connectivity index (χ1) is 13.4. The van der Waals surface area contributed by atoms with Gasteiger partial charge >= 0.3 is 17.9 Å². The van der Waals surface area contributed by atoms with Crippen molar-refractivity contribution in [2.45, 2.75) is 58.0 Å². The molecule has 4 rings (SSSR count). The van der Waals surface area contributed by atoms with Crippen LogP contribution in [0.4, 0.5) is 10.7 Å². The first kappa shape index (κ1) is 18.6. The van der Waals surface area contributed by atoms with E-state index < -0.39 is 30.5 Å². The number of amides is 3. The van der Waals surface area contributed by atoms with Crippen LogP contribution in [0.3, 0.4) is 0 Å². The zero-order valence-electron chi connectivity index (χ0n) is 16.6. The summed E-state index contributed by atoms with van der Waals surface area (Å²) >= 11 is 0. The number of hydrogen-bond acceptors (Lipinski definition) is 5. The van der Waals surface area contributed by atoms with Crippen molar-refractivity contribution in [3.05, 3.63) is 11.9 Å². The zero-order valence-corrected chi connectivity index (χ0v) is 16.6. The van der Waals surface area contributed by atoms with E-state index in [0.717, 1.165) is 23.4 Å². The summed E-state index contributed by atoms with van der Waals surface area (Å²) in [6, 6.07) is -0.920. The summed E-state index contributed by atoms with van der Waals surface area (Å²) in [5.41, 5.74) is 1.05. The molecule has 3 aliphatic rings. The molecule has 28 heavy (non-hydrogen) atoms. The molecule has 1 aromatic rings. The second-order valence-corrected chi connectivity index (χ2v) is 7.58. The number of aromatic nitrogens is 2. The second kappa shape index (κ2) is 7.03. The Bertz CT molecular complexity index is 868. The number of carbonyl (C=O) groups is 3. The predicted molar refractivity (Wildman–Crippen MR) is 99.1 cm³/mol. The van der Waals surface area contributed by atoms with Crippen molar-refractivity contribution in [2.24, 2.45) is 4.99 Å². The number of imide groups is 1. The van der Waals surface area contributed by atoms with Gasteiger partial charge in [0.1, 0.15) is 18.4 Å². The van der Waals surface area contributed by atoms with Crippen LogP contribution < -0.4 is 4.57 Å². The smallest absolute Gasteiger partial charge is 0.402 e. The van der Waals surface area contributed by atoms with Gasteiger partial charge in [-0.05, 0) is 39.5 Å². The molecule has 1 saturated heterocycles. The normalized spacial score (nSPS) is 22.2. The molecule has 3 heterocycles. The summed E-state index contributed by atoms with van der Waals surface area (Å²) in [6.45, 7) is 3.51. The standard InChI is InChI=1S/C19H26N5O4/c1-4-28-14(25)11-23-17(26)15-16(21(3)19(23)27)20-18-22(15)10-12(2)24(18)13-8-6-5-7-9-13/h10,13,15H,4-9,11H2,1-3H3/q+1. The number of urea groups is 1. The summed E-state index contributed by atoms with van der Waals surface area (Å²) in [5.74, 6) is 0.0710. The van der Waals surface area contributed by atoms with Crippen molar-refractivity contribution in [1.29, 1.82) is 0 Å². The lowest BCUT2D eigenvalue weighted by atomic mass is 9.95. The van der Waals surface area contributed by atoms with Gasteiger partial charge in [0.15, 0.2) is 0 Å². The summed E-state index contributed by atoms with van der Waals surface area (Å²) < 4.78 is 8.95. The summed E-state index contributed by atoms with van der Waals surface area (Å²) in [4.78, 5) is 44.7. The van der Waals surface area contributed by atoms with Gasteiger partial charge in [-0.15, -0.1) is 0 Å². The highest BCUT2D eigenvalue weighted by Crippen LogP contribution is 2.36. The SMILES string of the molecule is CCOC(=O)CN1C(=O)C2C(=Nc3n(C4CCCCC4)c(C)c[n+]32)N(C)C1=O. The number of aryl methyl sites for hydroxylation is 1. The van der Waals surface area contributed by atoms with E-state index in [2.05, 4.69) is 9.56 Å². The van der Waals surface area contributed by atoms with Crippen LogP contribution in [0.2, 0.25) is 0 Å². The zero-order chi connectivity index (χ0) is 20.0. The Morgan fingerprint density at radius 2 is 2.00 bits per heavy atom. The number of imidazole rings is 1. The van der Waals surface area contributed by atoms with Gasteiger partial charge in [-0.2, -0.15) is 0 Å². The maximum absolute atomic E-state index is 13.1. The number of ether oxygens (including phenoxy) is 1. The number of aliphatic imine (C=N–C) groups is 1. The van der Waals surface area contributed by atoms with E-state index in [9.17, 15) is 14.4 Å². The highest BCUT2D eigenvalue weighted by Gasteiger charge is 2.54. The third-order valence-electron chi connectivity index (χ3n) is 5.78. The Balaban J connectivity index is 1.70. The molecule has 2 fully saturated rings. The van der Waals surface area contributed by atoms with Crippen molar-refractivity contribution < 1.29 is 23.7 Å². The molecule has 3 amide bonds. The number of carbonyl (C=O) groups excluding carboxylic acids is 3. The Morgan fingerprint density at radius 1 is 1.29 bits per heavy atom. The average Bonchev–Trinajstić information content (AvgIpc) is 3.19. The maximum Gasteiger partial charge on any atom is 0.402 e. The molecule has 1 saturated carbocycles. The monoisotopic (exact) mass is 388 g/mol. The van der Waals surface area contributed by atoms with Gasteiger partial charge in [-0.3, -0.25) is 14.5 Å². The second-order valence-electron chi connectivity index (χ2n) is 7.58. The van der Waals surface area contributed by atoms with Gasteiger partial charge in [0, 0.05) is 7.05 Å². The number of esters is 1. The molecule has 9 heteroatoms. The van der Waals surface area contributed by atoms with Crippen LogP contribution in [-0.4, -0.2) is 58.3 Å². The van der Waals surface area contributed by atoms with E-state index in [0.29, 0.717) is 17.8 Å². The molecular weight excluding hydrogens is 362 g/mol. The molecule has 2 aliphatic heterocycles. The fourth-order valence-corrected chi connectivity index (χ4v) is 4.47. The highest BCUT2D eigenvalue weighted by molar-refractivity contribution is 6.19. The van der Waals surface area contributed by atoms with Crippen molar-refractivity contribution in [1.82, 2.24) is 14.4 Å². The molecule has 0 spiro atoms. The Kier molecular flexibility index (Phi) is 4.68. The Hall–Kier alpha value is -2.71. The largest absolute Gasteiger partial charge is 0.465 e. The highest BCUT2D eigenvalue weighted by atomic mass is 16.5. The Labute approximate surface area is 163 Å². The lowest BCUT2D eigenvalue weighted by Crippen LogP contribution is -2.63. The van der Waals surface area contributed by atoms with Gasteiger partial charge < -0.3 is 4.74 Å². The molecule has 1 aromatic heterocycles. The lowest BCUT2D eigenvalue weighted by Gasteiger charge is -2.32. The summed E-state index contributed by atoms with van der Waals surface area (Å²) in [5, 5.41) is 0. The number of fused-ring (bicyclic) bond motifs is 3.